The van der Waals surface area contributed by atoms with Crippen LogP contribution < -0.4 is 0 Å². The van der Waals surface area contributed by atoms with E-state index in [0.29, 0.717) is 0 Å². The van der Waals surface area contributed by atoms with E-state index in [1.165, 1.54) is 0 Å². The molecule has 0 bridgehead atoms. The van der Waals surface area contributed by atoms with Crippen molar-refractivity contribution in [2.24, 2.45) is 0 Å². The molecule has 0 spiro atoms. The van der Waals surface area contributed by atoms with Gasteiger partial charge in [0.05, 0.1) is 0 Å². The average Bonchev–Trinajstić information content (AvgIpc) is 2.17. The fourth-order valence-corrected chi connectivity index (χ4v) is 0.321. The Bertz CT molecular complexity index is 83.2. The minimum absolute atomic E-state index is 0. The number of halogens is 3. The first-order chi connectivity index (χ1) is 3.91. The molecule has 4 heteroatoms. The second-order valence-corrected chi connectivity index (χ2v) is 1.54. The van der Waals surface area contributed by atoms with Crippen LogP contribution in [0.5, 0.6) is 0 Å². The van der Waals surface area contributed by atoms with E-state index in [4.69, 9.17) is 0 Å². The van der Waals surface area contributed by atoms with Crippen LogP contribution in [0.15, 0.2) is 30.3 Å². The molecule has 0 N–H and O–H groups in total. The zero-order valence-electron chi connectivity index (χ0n) is 11.2. The first kappa shape index (κ1) is 68.3. The Morgan fingerprint density at radius 1 is 0.750 bits per heavy atom. The van der Waals surface area contributed by atoms with E-state index in [0.717, 1.165) is 0 Å². The van der Waals surface area contributed by atoms with Crippen LogP contribution in [0.3, 0.4) is 0 Å². The van der Waals surface area contributed by atoms with Crippen LogP contribution in [0.1, 0.15) is 13.8 Å². The zero-order valence-corrected chi connectivity index (χ0v) is 15.2. The van der Waals surface area contributed by atoms with E-state index in [1.807, 2.05) is 50.6 Å². The largest absolute Gasteiger partial charge is 0.358 e. The first-order valence-corrected chi connectivity index (χ1v) is 2.82. The quantitative estimate of drug-likeness (QED) is 0.424. The Hall–Kier alpha value is 0.934. The van der Waals surface area contributed by atoms with Crippen molar-refractivity contribution in [1.29, 1.82) is 0 Å². The Morgan fingerprint density at radius 2 is 0.938 bits per heavy atom. The summed E-state index contributed by atoms with van der Waals surface area (Å²) in [6.07, 6.45) is 2.00. The fraction of sp³-hybridized carbons (Fsp3) is 0.167. The second-order valence-electron chi connectivity index (χ2n) is 1.54. The minimum atomic E-state index is 0. The normalized spacial score (nSPS) is 3.62. The van der Waals surface area contributed by atoms with Gasteiger partial charge < -0.3 is 36.1 Å². The molecular weight excluding hydrogens is 298 g/mol. The SMILES string of the molecule is C[CH-]C.Cl.Cl.Cl.[CH3-].[CH3-].[CH3-].[CH3-].[Ti].c1cc[cH-]c1. The summed E-state index contributed by atoms with van der Waals surface area (Å²) in [5.74, 6) is 0. The van der Waals surface area contributed by atoms with Crippen molar-refractivity contribution in [3.8, 4) is 0 Å². The summed E-state index contributed by atoms with van der Waals surface area (Å²) >= 11 is 0. The fourth-order valence-electron chi connectivity index (χ4n) is 0.321. The smallest absolute Gasteiger partial charge is 0 e. The maximum absolute atomic E-state index is 2.00. The van der Waals surface area contributed by atoms with Gasteiger partial charge in [0.25, 0.3) is 0 Å². The summed E-state index contributed by atoms with van der Waals surface area (Å²) in [6.45, 7) is 4.00. The van der Waals surface area contributed by atoms with Crippen LogP contribution in [0, 0.1) is 36.1 Å². The van der Waals surface area contributed by atoms with Crippen LogP contribution >= 0.6 is 37.2 Å². The van der Waals surface area contributed by atoms with Crippen molar-refractivity contribution in [1.82, 2.24) is 0 Å². The van der Waals surface area contributed by atoms with E-state index < -0.39 is 0 Å². The van der Waals surface area contributed by atoms with Crippen LogP contribution in [0.25, 0.3) is 0 Å². The molecule has 0 amide bonds. The van der Waals surface area contributed by atoms with E-state index in [-0.39, 0.29) is 88.6 Å². The van der Waals surface area contributed by atoms with Gasteiger partial charge in [0.2, 0.25) is 0 Å². The summed E-state index contributed by atoms with van der Waals surface area (Å²) in [5, 5.41) is 0. The molecule has 0 fully saturated rings. The Morgan fingerprint density at radius 3 is 1.00 bits per heavy atom. The second kappa shape index (κ2) is 73.9. The summed E-state index contributed by atoms with van der Waals surface area (Å²) in [5.41, 5.74) is 0. The standard InChI is InChI=1S/C5H5.C3H7.4CH3.3ClH.Ti/c1-2-4-5-3-1;1-3-2;;;;;;;;/h1-5H;3H,1-2H3;4*1H3;3*1H;/q6*-1;;;;. The maximum Gasteiger partial charge on any atom is 0 e. The van der Waals surface area contributed by atoms with Gasteiger partial charge in [-0.05, 0) is 0 Å². The van der Waals surface area contributed by atoms with Crippen molar-refractivity contribution < 1.29 is 21.7 Å². The Kier molecular flexibility index (Phi) is 315. The van der Waals surface area contributed by atoms with Crippen molar-refractivity contribution in [3.63, 3.8) is 0 Å². The van der Waals surface area contributed by atoms with Crippen LogP contribution in [-0.4, -0.2) is 0 Å². The summed E-state index contributed by atoms with van der Waals surface area (Å²) in [6, 6.07) is 10.0. The molecule has 0 saturated carbocycles. The Balaban J connectivity index is -0.00000000608. The van der Waals surface area contributed by atoms with Gasteiger partial charge >= 0.3 is 0 Å². The third-order valence-electron chi connectivity index (χ3n) is 0.556. The molecule has 1 aromatic carbocycles. The van der Waals surface area contributed by atoms with Gasteiger partial charge in [-0.1, -0.05) is 0 Å². The van der Waals surface area contributed by atoms with Gasteiger partial charge in [0.1, 0.15) is 0 Å². The molecule has 0 aromatic heterocycles. The van der Waals surface area contributed by atoms with Crippen LogP contribution in [0.4, 0.5) is 0 Å². The van der Waals surface area contributed by atoms with Gasteiger partial charge in [0.15, 0.2) is 0 Å². The molecule has 106 valence electrons. The molecule has 0 unspecified atom stereocenters. The zero-order chi connectivity index (χ0) is 6.24. The van der Waals surface area contributed by atoms with Crippen molar-refractivity contribution in [3.05, 3.63) is 66.5 Å². The summed E-state index contributed by atoms with van der Waals surface area (Å²) < 4.78 is 0. The van der Waals surface area contributed by atoms with Crippen LogP contribution in [-0.2, 0) is 21.7 Å². The predicted molar refractivity (Wildman–Crippen MR) is 85.1 cm³/mol. The number of hydrogen-bond donors (Lipinski definition) is 0. The van der Waals surface area contributed by atoms with Gasteiger partial charge in [0, 0.05) is 21.7 Å². The third kappa shape index (κ3) is 82.3. The monoisotopic (exact) mass is 324 g/mol. The number of hydrogen-bond acceptors (Lipinski definition) is 0. The molecule has 1 rings (SSSR count). The molecule has 0 aliphatic rings. The van der Waals surface area contributed by atoms with E-state index in [1.54, 1.807) is 0 Å². The minimum Gasteiger partial charge on any atom is -0.358 e. The summed E-state index contributed by atoms with van der Waals surface area (Å²) in [7, 11) is 0. The van der Waals surface area contributed by atoms with E-state index in [2.05, 4.69) is 0 Å². The molecular formula is C12H27Cl3Ti-6. The van der Waals surface area contributed by atoms with Gasteiger partial charge in [-0.2, -0.15) is 32.0 Å². The van der Waals surface area contributed by atoms with Crippen molar-refractivity contribution >= 4 is 37.2 Å². The molecule has 1 aromatic rings. The first-order valence-electron chi connectivity index (χ1n) is 2.82. The Labute approximate surface area is 138 Å². The van der Waals surface area contributed by atoms with Gasteiger partial charge in [-0.3, -0.25) is 0 Å². The van der Waals surface area contributed by atoms with Crippen molar-refractivity contribution in [2.75, 3.05) is 0 Å². The number of rotatable bonds is 0. The topological polar surface area (TPSA) is 0 Å². The third-order valence-corrected chi connectivity index (χ3v) is 0.556. The molecule has 0 saturated heterocycles. The molecule has 16 heavy (non-hydrogen) atoms. The molecule has 0 radical (unpaired) electrons. The molecule has 0 atom stereocenters. The molecule has 0 nitrogen and oxygen atoms in total. The maximum atomic E-state index is 2.00. The molecule has 0 heterocycles. The van der Waals surface area contributed by atoms with Gasteiger partial charge in [-0.15, -0.1) is 37.2 Å². The van der Waals surface area contributed by atoms with Crippen LogP contribution in [0.2, 0.25) is 0 Å². The molecule has 0 aliphatic heterocycles. The average molecular weight is 326 g/mol. The van der Waals surface area contributed by atoms with E-state index in [9.17, 15) is 0 Å². The predicted octanol–water partition coefficient (Wildman–Crippen LogP) is 5.70. The summed E-state index contributed by atoms with van der Waals surface area (Å²) in [4.78, 5) is 0. The van der Waals surface area contributed by atoms with E-state index >= 15 is 0 Å². The molecule has 0 aliphatic carbocycles. The van der Waals surface area contributed by atoms with Gasteiger partial charge in [-0.25, -0.2) is 12.1 Å². The van der Waals surface area contributed by atoms with Crippen molar-refractivity contribution in [2.45, 2.75) is 13.8 Å².